The van der Waals surface area contributed by atoms with Gasteiger partial charge >= 0.3 is 5.97 Å². The largest absolute Gasteiger partial charge is 0.451 e. The van der Waals surface area contributed by atoms with E-state index < -0.39 is 41.7 Å². The molecule has 0 amide bonds. The van der Waals surface area contributed by atoms with Crippen LogP contribution in [0.3, 0.4) is 0 Å². The minimum absolute atomic E-state index is 0.0475. The zero-order valence-corrected chi connectivity index (χ0v) is 22.8. The molecule has 1 spiro atoms. The second-order valence-corrected chi connectivity index (χ2v) is 12.5. The summed E-state index contributed by atoms with van der Waals surface area (Å²) >= 11 is 0. The van der Waals surface area contributed by atoms with Crippen molar-refractivity contribution in [3.05, 3.63) is 65.0 Å². The van der Waals surface area contributed by atoms with Crippen LogP contribution in [0.2, 0.25) is 0 Å². The number of carbonyl (C=O) groups is 2. The molecule has 1 aromatic heterocycles. The number of carbonyl (C=O) groups excluding carboxylic acids is 2. The predicted octanol–water partition coefficient (Wildman–Crippen LogP) is 3.64. The van der Waals surface area contributed by atoms with Crippen molar-refractivity contribution >= 4 is 11.8 Å². The van der Waals surface area contributed by atoms with Crippen molar-refractivity contribution < 1.29 is 34.2 Å². The summed E-state index contributed by atoms with van der Waals surface area (Å²) in [5, 5.41) is 38.7. The molecule has 8 atom stereocenters. The topological polar surface area (TPSA) is 130 Å². The number of aliphatic hydroxyl groups is 3. The van der Waals surface area contributed by atoms with E-state index in [1.165, 1.54) is 0 Å². The van der Waals surface area contributed by atoms with Crippen LogP contribution in [0.5, 0.6) is 0 Å². The Labute approximate surface area is 227 Å². The molecule has 206 valence electrons. The highest BCUT2D eigenvalue weighted by Crippen LogP contribution is 2.71. The van der Waals surface area contributed by atoms with E-state index in [0.29, 0.717) is 23.3 Å². The van der Waals surface area contributed by atoms with Gasteiger partial charge in [-0.3, -0.25) is 4.79 Å². The normalized spacial score (nSPS) is 38.1. The molecule has 0 aliphatic heterocycles. The summed E-state index contributed by atoms with van der Waals surface area (Å²) in [5.74, 6) is -1.32. The van der Waals surface area contributed by atoms with Gasteiger partial charge in [0, 0.05) is 11.5 Å². The molecule has 2 bridgehead atoms. The van der Waals surface area contributed by atoms with Crippen LogP contribution >= 0.6 is 0 Å². The maximum Gasteiger partial charge on any atom is 0.344 e. The zero-order chi connectivity index (χ0) is 28.1. The van der Waals surface area contributed by atoms with Crippen LogP contribution in [-0.2, 0) is 9.53 Å². The predicted molar refractivity (Wildman–Crippen MR) is 141 cm³/mol. The number of ether oxygens (including phenoxy) is 1. The van der Waals surface area contributed by atoms with Gasteiger partial charge in [0.25, 0.3) is 0 Å². The monoisotopic (exact) mass is 533 g/mol. The Morgan fingerprint density at radius 3 is 2.56 bits per heavy atom. The van der Waals surface area contributed by atoms with E-state index in [4.69, 9.17) is 9.26 Å². The lowest BCUT2D eigenvalue weighted by molar-refractivity contribution is -0.190. The Kier molecular flexibility index (Phi) is 5.68. The van der Waals surface area contributed by atoms with E-state index in [2.05, 4.69) is 19.0 Å². The maximum atomic E-state index is 14.5. The summed E-state index contributed by atoms with van der Waals surface area (Å²) in [7, 11) is 0. The lowest BCUT2D eigenvalue weighted by atomic mass is 9.59. The molecule has 0 unspecified atom stereocenters. The van der Waals surface area contributed by atoms with E-state index in [-0.39, 0.29) is 45.8 Å². The summed E-state index contributed by atoms with van der Waals surface area (Å²) in [6.07, 6.45) is 1.11. The fourth-order valence-corrected chi connectivity index (χ4v) is 8.17. The molecule has 8 heteroatoms. The molecule has 1 heterocycles. The molecule has 4 aliphatic rings. The zero-order valence-electron chi connectivity index (χ0n) is 22.8. The van der Waals surface area contributed by atoms with Gasteiger partial charge < -0.3 is 24.6 Å². The number of esters is 1. The number of allylic oxidation sites excluding steroid dienone is 1. The molecular formula is C31H35NO7. The third-order valence-corrected chi connectivity index (χ3v) is 10.2. The quantitative estimate of drug-likeness (QED) is 0.401. The van der Waals surface area contributed by atoms with Crippen LogP contribution in [0, 0.1) is 41.4 Å². The molecule has 2 aromatic rings. The van der Waals surface area contributed by atoms with Crippen molar-refractivity contribution in [2.45, 2.75) is 58.8 Å². The molecule has 0 saturated heterocycles. The van der Waals surface area contributed by atoms with Crippen LogP contribution in [0.15, 0.2) is 58.2 Å². The molecule has 2 saturated carbocycles. The van der Waals surface area contributed by atoms with Gasteiger partial charge in [-0.05, 0) is 54.6 Å². The third kappa shape index (κ3) is 3.25. The second-order valence-electron chi connectivity index (χ2n) is 12.5. The Balaban J connectivity index is 1.45. The number of Topliss-reactive ketones (excluding diaryl/α,β-unsaturated/α-hetero) is 1. The van der Waals surface area contributed by atoms with Gasteiger partial charge in [-0.1, -0.05) is 68.4 Å². The summed E-state index contributed by atoms with van der Waals surface area (Å²) < 4.78 is 11.4. The number of rotatable bonds is 4. The first-order valence-corrected chi connectivity index (χ1v) is 13.6. The van der Waals surface area contributed by atoms with Crippen molar-refractivity contribution in [2.75, 3.05) is 6.61 Å². The SMILES string of the molecule is CC1=C[C@]23C(=O)[C@@H](C=C(CO)[C@@H](O)[C@]2(O)[C@H]1OC(=O)c1c(-c2ccccc2)noc1C)[C@H]1[C@@H](C[C@H]3C)C1(C)C. The number of fused-ring (bicyclic) bond motifs is 3. The van der Waals surface area contributed by atoms with Gasteiger partial charge in [0.15, 0.2) is 17.5 Å². The van der Waals surface area contributed by atoms with Gasteiger partial charge in [0.2, 0.25) is 0 Å². The average molecular weight is 534 g/mol. The summed E-state index contributed by atoms with van der Waals surface area (Å²) in [6.45, 7) is 9.00. The van der Waals surface area contributed by atoms with E-state index >= 15 is 0 Å². The van der Waals surface area contributed by atoms with E-state index in [1.807, 2.05) is 25.1 Å². The molecular weight excluding hydrogens is 498 g/mol. The first-order valence-electron chi connectivity index (χ1n) is 13.6. The van der Waals surface area contributed by atoms with Gasteiger partial charge in [0.1, 0.15) is 23.1 Å². The van der Waals surface area contributed by atoms with Crippen LogP contribution in [-0.4, -0.2) is 56.6 Å². The lowest BCUT2D eigenvalue weighted by Gasteiger charge is -2.48. The standard InChI is InChI=1S/C31H35NO7/c1-15-13-30-16(2)11-21-23(29(21,4)5)20(26(30)35)12-19(14-33)25(34)31(30,37)27(15)38-28(36)22-17(3)39-32-24(22)18-9-7-6-8-10-18/h6-10,12-13,16,20-21,23,25,27,33-34,37H,11,14H2,1-5H3/t16-,20+,21-,23+,25-,27+,30+,31+/m1/s1. The van der Waals surface area contributed by atoms with E-state index in [1.54, 1.807) is 38.1 Å². The number of aliphatic hydroxyl groups excluding tert-OH is 2. The first kappa shape index (κ1) is 26.2. The highest BCUT2D eigenvalue weighted by atomic mass is 16.6. The van der Waals surface area contributed by atoms with Crippen molar-refractivity contribution in [1.82, 2.24) is 5.16 Å². The summed E-state index contributed by atoms with van der Waals surface area (Å²) in [6, 6.07) is 9.07. The molecule has 3 N–H and O–H groups in total. The van der Waals surface area contributed by atoms with E-state index in [0.717, 1.165) is 0 Å². The number of ketones is 1. The fourth-order valence-electron chi connectivity index (χ4n) is 8.17. The summed E-state index contributed by atoms with van der Waals surface area (Å²) in [4.78, 5) is 28.2. The number of hydrogen-bond donors (Lipinski definition) is 3. The highest BCUT2D eigenvalue weighted by molar-refractivity contribution is 5.98. The molecule has 0 radical (unpaired) electrons. The van der Waals surface area contributed by atoms with Crippen LogP contribution < -0.4 is 0 Å². The number of aromatic nitrogens is 1. The Bertz CT molecular complexity index is 1420. The molecule has 4 aliphatic carbocycles. The number of hydrogen-bond acceptors (Lipinski definition) is 8. The number of aryl methyl sites for hydroxylation is 1. The second kappa shape index (κ2) is 8.46. The van der Waals surface area contributed by atoms with Crippen molar-refractivity contribution in [2.24, 2.45) is 34.5 Å². The molecule has 8 nitrogen and oxygen atoms in total. The van der Waals surface area contributed by atoms with Gasteiger partial charge in [-0.25, -0.2) is 4.79 Å². The molecule has 1 aromatic carbocycles. The summed E-state index contributed by atoms with van der Waals surface area (Å²) in [5.41, 5.74) is -2.03. The van der Waals surface area contributed by atoms with Crippen LogP contribution in [0.1, 0.15) is 50.2 Å². The maximum absolute atomic E-state index is 14.5. The molecule has 2 fully saturated rings. The van der Waals surface area contributed by atoms with Gasteiger partial charge in [-0.15, -0.1) is 0 Å². The lowest BCUT2D eigenvalue weighted by Crippen LogP contribution is -2.65. The van der Waals surface area contributed by atoms with Crippen LogP contribution in [0.4, 0.5) is 0 Å². The minimum atomic E-state index is -2.20. The number of benzene rings is 1. The van der Waals surface area contributed by atoms with Gasteiger partial charge in [-0.2, -0.15) is 0 Å². The van der Waals surface area contributed by atoms with Crippen LogP contribution in [0.25, 0.3) is 11.3 Å². The Hall–Kier alpha value is -3.07. The first-order chi connectivity index (χ1) is 18.4. The van der Waals surface area contributed by atoms with Gasteiger partial charge in [0.05, 0.1) is 12.0 Å². The Morgan fingerprint density at radius 2 is 1.90 bits per heavy atom. The molecule has 6 rings (SSSR count). The third-order valence-electron chi connectivity index (χ3n) is 10.2. The minimum Gasteiger partial charge on any atom is -0.451 e. The smallest absolute Gasteiger partial charge is 0.344 e. The Morgan fingerprint density at radius 1 is 1.21 bits per heavy atom. The average Bonchev–Trinajstić information content (AvgIpc) is 3.17. The number of nitrogens with zero attached hydrogens (tertiary/aromatic N) is 1. The molecule has 39 heavy (non-hydrogen) atoms. The van der Waals surface area contributed by atoms with Crippen molar-refractivity contribution in [3.63, 3.8) is 0 Å². The van der Waals surface area contributed by atoms with Crippen molar-refractivity contribution in [3.8, 4) is 11.3 Å². The van der Waals surface area contributed by atoms with E-state index in [9.17, 15) is 24.9 Å². The highest BCUT2D eigenvalue weighted by Gasteiger charge is 2.76. The van der Waals surface area contributed by atoms with Crippen molar-refractivity contribution in [1.29, 1.82) is 0 Å². The fraction of sp³-hybridized carbons (Fsp3) is 0.516.